The summed E-state index contributed by atoms with van der Waals surface area (Å²) in [6.45, 7) is 5.78. The van der Waals surface area contributed by atoms with E-state index in [-0.39, 0.29) is 55.1 Å². The van der Waals surface area contributed by atoms with E-state index in [9.17, 15) is 23.9 Å². The van der Waals surface area contributed by atoms with E-state index in [1.807, 2.05) is 0 Å². The normalized spacial score (nSPS) is 18.4. The Morgan fingerprint density at radius 2 is 2.03 bits per heavy atom. The Kier molecular flexibility index (Phi) is 7.65. The van der Waals surface area contributed by atoms with E-state index < -0.39 is 29.4 Å². The number of carbonyl (C=O) groups excluding carboxylic acids is 3. The average Bonchev–Trinajstić information content (AvgIpc) is 3.34. The van der Waals surface area contributed by atoms with E-state index >= 15 is 0 Å². The van der Waals surface area contributed by atoms with Gasteiger partial charge in [-0.05, 0) is 32.9 Å². The van der Waals surface area contributed by atoms with Gasteiger partial charge in [-0.2, -0.15) is 0 Å². The van der Waals surface area contributed by atoms with Crippen molar-refractivity contribution in [2.24, 2.45) is 0 Å². The molecule has 0 saturated carbocycles. The largest absolute Gasteiger partial charge is 0.486 e. The van der Waals surface area contributed by atoms with Crippen LogP contribution in [-0.4, -0.2) is 84.5 Å². The summed E-state index contributed by atoms with van der Waals surface area (Å²) in [6.07, 6.45) is -0.280. The molecule has 2 N–H and O–H groups in total. The maximum Gasteiger partial charge on any atom is 0.410 e. The second kappa shape index (κ2) is 10.3. The van der Waals surface area contributed by atoms with Gasteiger partial charge in [0.15, 0.2) is 0 Å². The summed E-state index contributed by atoms with van der Waals surface area (Å²) in [6, 6.07) is 3.78. The summed E-state index contributed by atoms with van der Waals surface area (Å²) >= 11 is 0. The maximum absolute atomic E-state index is 14.1. The van der Waals surface area contributed by atoms with Crippen LogP contribution in [0.5, 0.6) is 5.75 Å². The molecule has 10 nitrogen and oxygen atoms in total. The van der Waals surface area contributed by atoms with Crippen LogP contribution in [0, 0.1) is 5.82 Å². The van der Waals surface area contributed by atoms with Crippen molar-refractivity contribution in [2.75, 3.05) is 45.2 Å². The Morgan fingerprint density at radius 1 is 1.29 bits per heavy atom. The van der Waals surface area contributed by atoms with Crippen LogP contribution >= 0.6 is 0 Å². The molecule has 1 saturated heterocycles. The number of benzene rings is 1. The first-order valence-corrected chi connectivity index (χ1v) is 10.9. The fourth-order valence-electron chi connectivity index (χ4n) is 3.68. The molecule has 0 aromatic heterocycles. The second-order valence-corrected chi connectivity index (χ2v) is 9.02. The van der Waals surface area contributed by atoms with E-state index in [1.54, 1.807) is 20.8 Å². The Bertz CT molecular complexity index is 989. The maximum atomic E-state index is 14.1. The lowest BCUT2D eigenvalue weighted by molar-refractivity contribution is -0.136. The van der Waals surface area contributed by atoms with Gasteiger partial charge in [-0.15, -0.1) is 0 Å². The van der Waals surface area contributed by atoms with Crippen molar-refractivity contribution in [1.29, 1.82) is 0 Å². The highest BCUT2D eigenvalue weighted by Crippen LogP contribution is 2.32. The Labute approximate surface area is 197 Å². The first-order valence-electron chi connectivity index (χ1n) is 10.9. The molecule has 2 aliphatic heterocycles. The number of amides is 2. The van der Waals surface area contributed by atoms with Crippen molar-refractivity contribution in [3.63, 3.8) is 0 Å². The molecular formula is C23H30FN3O7. The van der Waals surface area contributed by atoms with Crippen molar-refractivity contribution < 1.29 is 38.1 Å². The average molecular weight is 480 g/mol. The summed E-state index contributed by atoms with van der Waals surface area (Å²) in [5, 5.41) is 12.0. The second-order valence-electron chi connectivity index (χ2n) is 9.02. The van der Waals surface area contributed by atoms with E-state index in [1.165, 1.54) is 29.0 Å². The zero-order valence-corrected chi connectivity index (χ0v) is 19.7. The van der Waals surface area contributed by atoms with Gasteiger partial charge < -0.3 is 34.4 Å². The van der Waals surface area contributed by atoms with Gasteiger partial charge in [0.25, 0.3) is 5.91 Å². The Hall–Kier alpha value is -3.34. The lowest BCUT2D eigenvalue weighted by atomic mass is 10.2. The number of hydrogen-bond donors (Lipinski definition) is 2. The molecule has 0 bridgehead atoms. The van der Waals surface area contributed by atoms with Crippen molar-refractivity contribution in [3.8, 4) is 5.75 Å². The standard InChI is InChI=1S/C23H30FN3O7/c1-23(2,3)34-22(31)27-8-7-15(12-27)33-18-6-5-14(24)11-17(18)25-19-16(21(30)32-4)13-26(9-10-28)20(19)29/h5-6,11,15,25,28H,7-10,12-13H2,1-4H3. The van der Waals surface area contributed by atoms with Crippen molar-refractivity contribution in [3.05, 3.63) is 35.3 Å². The number of aliphatic hydroxyl groups is 1. The van der Waals surface area contributed by atoms with Crippen LogP contribution in [0.1, 0.15) is 27.2 Å². The molecule has 11 heteroatoms. The molecule has 2 aliphatic rings. The van der Waals surface area contributed by atoms with Crippen LogP contribution in [0.15, 0.2) is 29.5 Å². The number of aliphatic hydroxyl groups excluding tert-OH is 1. The lowest BCUT2D eigenvalue weighted by Gasteiger charge is -2.24. The molecule has 0 aliphatic carbocycles. The van der Waals surface area contributed by atoms with E-state index in [0.717, 1.165) is 6.07 Å². The van der Waals surface area contributed by atoms with Crippen LogP contribution in [0.3, 0.4) is 0 Å². The number of ether oxygens (including phenoxy) is 3. The van der Waals surface area contributed by atoms with Gasteiger partial charge in [-0.3, -0.25) is 4.79 Å². The molecule has 1 atom stereocenters. The number of hydrogen-bond acceptors (Lipinski definition) is 8. The minimum atomic E-state index is -0.709. The highest BCUT2D eigenvalue weighted by atomic mass is 19.1. The highest BCUT2D eigenvalue weighted by molar-refractivity contribution is 6.08. The summed E-state index contributed by atoms with van der Waals surface area (Å²) < 4.78 is 30.3. The summed E-state index contributed by atoms with van der Waals surface area (Å²) in [7, 11) is 1.19. The van der Waals surface area contributed by atoms with Crippen molar-refractivity contribution in [2.45, 2.75) is 38.9 Å². The molecule has 1 unspecified atom stereocenters. The minimum Gasteiger partial charge on any atom is -0.486 e. The molecule has 0 radical (unpaired) electrons. The molecular weight excluding hydrogens is 449 g/mol. The number of β-amino-alcohol motifs (C(OH)–C–C–N with tert-alkyl or cyclic N) is 1. The molecule has 3 rings (SSSR count). The minimum absolute atomic E-state index is 0.0274. The molecule has 1 aromatic rings. The van der Waals surface area contributed by atoms with E-state index in [4.69, 9.17) is 14.2 Å². The quantitative estimate of drug-likeness (QED) is 0.570. The number of halogens is 1. The van der Waals surface area contributed by atoms with Gasteiger partial charge in [-0.1, -0.05) is 0 Å². The van der Waals surface area contributed by atoms with Gasteiger partial charge in [0.1, 0.15) is 29.0 Å². The van der Waals surface area contributed by atoms with Crippen molar-refractivity contribution >= 4 is 23.7 Å². The van der Waals surface area contributed by atoms with Crippen LogP contribution in [0.2, 0.25) is 0 Å². The fourth-order valence-corrected chi connectivity index (χ4v) is 3.68. The number of carbonyl (C=O) groups is 3. The molecule has 1 fully saturated rings. The zero-order chi connectivity index (χ0) is 25.0. The molecule has 1 aromatic carbocycles. The molecule has 34 heavy (non-hydrogen) atoms. The molecule has 2 amide bonds. The molecule has 186 valence electrons. The zero-order valence-electron chi connectivity index (χ0n) is 19.7. The lowest BCUT2D eigenvalue weighted by Crippen LogP contribution is -2.36. The number of nitrogens with zero attached hydrogens (tertiary/aromatic N) is 2. The van der Waals surface area contributed by atoms with Gasteiger partial charge in [-0.25, -0.2) is 14.0 Å². The first kappa shape index (κ1) is 25.3. The van der Waals surface area contributed by atoms with Gasteiger partial charge in [0, 0.05) is 25.6 Å². The van der Waals surface area contributed by atoms with Gasteiger partial charge in [0.05, 0.1) is 38.1 Å². The topological polar surface area (TPSA) is 118 Å². The monoisotopic (exact) mass is 479 g/mol. The van der Waals surface area contributed by atoms with Gasteiger partial charge >= 0.3 is 12.1 Å². The third kappa shape index (κ3) is 5.96. The number of methoxy groups -OCH3 is 1. The Morgan fingerprint density at radius 3 is 2.68 bits per heavy atom. The first-order chi connectivity index (χ1) is 16.0. The summed E-state index contributed by atoms with van der Waals surface area (Å²) in [5.41, 5.74) is -0.482. The third-order valence-corrected chi connectivity index (χ3v) is 5.25. The highest BCUT2D eigenvalue weighted by Gasteiger charge is 2.35. The Balaban J connectivity index is 1.78. The number of rotatable bonds is 7. The van der Waals surface area contributed by atoms with Gasteiger partial charge in [0.2, 0.25) is 0 Å². The fraction of sp³-hybridized carbons (Fsp3) is 0.522. The van der Waals surface area contributed by atoms with Crippen molar-refractivity contribution in [1.82, 2.24) is 9.80 Å². The molecule has 0 spiro atoms. The van der Waals surface area contributed by atoms with Crippen LogP contribution < -0.4 is 10.1 Å². The van der Waals surface area contributed by atoms with E-state index in [2.05, 4.69) is 5.32 Å². The predicted octanol–water partition coefficient (Wildman–Crippen LogP) is 1.89. The summed E-state index contributed by atoms with van der Waals surface area (Å²) in [5.74, 6) is -1.56. The summed E-state index contributed by atoms with van der Waals surface area (Å²) in [4.78, 5) is 40.2. The smallest absolute Gasteiger partial charge is 0.410 e. The van der Waals surface area contributed by atoms with E-state index in [0.29, 0.717) is 13.0 Å². The SMILES string of the molecule is COC(=O)C1=C(Nc2cc(F)ccc2OC2CCN(C(=O)OC(C)(C)C)C2)C(=O)N(CCO)C1. The predicted molar refractivity (Wildman–Crippen MR) is 120 cm³/mol. The number of nitrogens with one attached hydrogen (secondary N) is 1. The molecule has 2 heterocycles. The van der Waals surface area contributed by atoms with Crippen LogP contribution in [0.4, 0.5) is 14.9 Å². The third-order valence-electron chi connectivity index (χ3n) is 5.25. The number of esters is 1. The number of anilines is 1. The van der Waals surface area contributed by atoms with Crippen LogP contribution in [0.25, 0.3) is 0 Å². The van der Waals surface area contributed by atoms with Crippen LogP contribution in [-0.2, 0) is 19.1 Å². The number of likely N-dealkylation sites (tertiary alicyclic amines) is 1.